The fourth-order valence-corrected chi connectivity index (χ4v) is 4.27. The van der Waals surface area contributed by atoms with E-state index in [1.54, 1.807) is 18.4 Å². The highest BCUT2D eigenvalue weighted by Crippen LogP contribution is 2.47. The van der Waals surface area contributed by atoms with Crippen molar-refractivity contribution in [3.8, 4) is 5.75 Å². The van der Waals surface area contributed by atoms with E-state index in [0.29, 0.717) is 18.6 Å². The molecule has 0 bridgehead atoms. The van der Waals surface area contributed by atoms with Gasteiger partial charge in [-0.25, -0.2) is 13.8 Å². The van der Waals surface area contributed by atoms with Gasteiger partial charge in [0.05, 0.1) is 6.20 Å². The molecule has 2 aliphatic carbocycles. The Morgan fingerprint density at radius 2 is 2.19 bits per heavy atom. The van der Waals surface area contributed by atoms with E-state index in [4.69, 9.17) is 4.65 Å². The second-order valence-electron chi connectivity index (χ2n) is 7.70. The predicted molar refractivity (Wildman–Crippen MR) is 95.0 cm³/mol. The maximum Gasteiger partial charge on any atom is 0.552 e. The Balaban J connectivity index is 1.30. The molecule has 3 N–H and O–H groups in total. The first-order valence-corrected chi connectivity index (χ1v) is 9.11. The number of carbonyl (C=O) groups excluding carboxylic acids is 1. The van der Waals surface area contributed by atoms with Gasteiger partial charge in [-0.2, -0.15) is 0 Å². The highest BCUT2D eigenvalue weighted by molar-refractivity contribution is 6.52. The summed E-state index contributed by atoms with van der Waals surface area (Å²) in [5.74, 6) is -1.14. The van der Waals surface area contributed by atoms with Gasteiger partial charge in [0.15, 0.2) is 0 Å². The molecule has 2 saturated carbocycles. The van der Waals surface area contributed by atoms with Gasteiger partial charge in [0, 0.05) is 41.9 Å². The summed E-state index contributed by atoms with van der Waals surface area (Å²) in [6, 6.07) is 1.90. The third kappa shape index (κ3) is 2.81. The lowest BCUT2D eigenvalue weighted by molar-refractivity contribution is -0.151. The van der Waals surface area contributed by atoms with Gasteiger partial charge in [0.1, 0.15) is 11.4 Å². The normalized spacial score (nSPS) is 26.5. The van der Waals surface area contributed by atoms with Gasteiger partial charge in [0.2, 0.25) is 11.8 Å². The zero-order valence-corrected chi connectivity index (χ0v) is 14.4. The van der Waals surface area contributed by atoms with Crippen LogP contribution >= 0.6 is 0 Å². The number of aromatic nitrogens is 2. The van der Waals surface area contributed by atoms with E-state index in [2.05, 4.69) is 15.3 Å². The predicted octanol–water partition coefficient (Wildman–Crippen LogP) is 2.30. The zero-order chi connectivity index (χ0) is 18.8. The summed E-state index contributed by atoms with van der Waals surface area (Å²) in [6.45, 7) is 0. The SMILES string of the molecule is O=C(NC1CC(C2=CB(O)Oc3cnc4[nH]ccc4c32)C1)C1CC(F)(F)C1. The minimum atomic E-state index is -2.69. The van der Waals surface area contributed by atoms with Crippen molar-refractivity contribution in [2.75, 3.05) is 0 Å². The molecule has 2 fully saturated rings. The van der Waals surface area contributed by atoms with E-state index in [9.17, 15) is 18.6 Å². The van der Waals surface area contributed by atoms with Crippen molar-refractivity contribution in [3.63, 3.8) is 0 Å². The molecule has 5 rings (SSSR count). The molecule has 0 aromatic carbocycles. The molecular formula is C18H18BF2N3O3. The number of nitrogens with zero attached hydrogens (tertiary/aromatic N) is 1. The average molecular weight is 373 g/mol. The molecule has 6 nitrogen and oxygen atoms in total. The Labute approximate surface area is 154 Å². The van der Waals surface area contributed by atoms with Crippen molar-refractivity contribution in [1.29, 1.82) is 0 Å². The van der Waals surface area contributed by atoms with Gasteiger partial charge in [0.25, 0.3) is 0 Å². The van der Waals surface area contributed by atoms with Gasteiger partial charge in [-0.3, -0.25) is 4.79 Å². The summed E-state index contributed by atoms with van der Waals surface area (Å²) >= 11 is 0. The Kier molecular flexibility index (Phi) is 3.59. The van der Waals surface area contributed by atoms with Crippen LogP contribution in [0.5, 0.6) is 5.75 Å². The minimum absolute atomic E-state index is 0.0235. The Hall–Kier alpha value is -2.42. The average Bonchev–Trinajstić information content (AvgIpc) is 3.03. The van der Waals surface area contributed by atoms with E-state index >= 15 is 0 Å². The number of hydrogen-bond donors (Lipinski definition) is 3. The first-order chi connectivity index (χ1) is 12.9. The minimum Gasteiger partial charge on any atom is -0.531 e. The monoisotopic (exact) mass is 373 g/mol. The smallest absolute Gasteiger partial charge is 0.531 e. The summed E-state index contributed by atoms with van der Waals surface area (Å²) in [6.07, 6.45) is 4.12. The van der Waals surface area contributed by atoms with Crippen LogP contribution in [0.15, 0.2) is 24.4 Å². The number of pyridine rings is 1. The summed E-state index contributed by atoms with van der Waals surface area (Å²) < 4.78 is 31.4. The molecule has 9 heteroatoms. The lowest BCUT2D eigenvalue weighted by Gasteiger charge is -2.41. The fraction of sp³-hybridized carbons (Fsp3) is 0.444. The Morgan fingerprint density at radius 1 is 1.41 bits per heavy atom. The van der Waals surface area contributed by atoms with E-state index < -0.39 is 19.0 Å². The number of fused-ring (bicyclic) bond motifs is 3. The van der Waals surface area contributed by atoms with Crippen LogP contribution in [0.1, 0.15) is 31.2 Å². The standard InChI is InChI=1S/C18H18BF2N3O3/c20-18(21)5-10(6-18)17(25)24-11-3-9(4-11)13-7-19(26)27-14-8-23-16-12(15(13)14)1-2-22-16/h1-2,7-11,26H,3-6H2,(H,22,23)(H,24,25). The van der Waals surface area contributed by atoms with E-state index in [1.807, 2.05) is 6.07 Å². The highest BCUT2D eigenvalue weighted by atomic mass is 19.3. The molecule has 0 saturated heterocycles. The number of amides is 1. The second-order valence-corrected chi connectivity index (χ2v) is 7.70. The molecular weight excluding hydrogens is 355 g/mol. The van der Waals surface area contributed by atoms with Crippen molar-refractivity contribution in [2.45, 2.75) is 37.6 Å². The van der Waals surface area contributed by atoms with Crippen molar-refractivity contribution in [3.05, 3.63) is 30.0 Å². The summed E-state index contributed by atoms with van der Waals surface area (Å²) in [7, 11) is -1.03. The molecule has 2 aromatic rings. The molecule has 0 atom stereocenters. The third-order valence-electron chi connectivity index (χ3n) is 5.80. The van der Waals surface area contributed by atoms with Crippen LogP contribution in [0.2, 0.25) is 0 Å². The zero-order valence-electron chi connectivity index (χ0n) is 14.4. The van der Waals surface area contributed by atoms with Crippen LogP contribution in [0.25, 0.3) is 16.6 Å². The highest BCUT2D eigenvalue weighted by Gasteiger charge is 2.49. The number of rotatable bonds is 3. The molecule has 2 aromatic heterocycles. The van der Waals surface area contributed by atoms with Gasteiger partial charge in [-0.15, -0.1) is 0 Å². The van der Waals surface area contributed by atoms with Crippen LogP contribution in [0, 0.1) is 11.8 Å². The maximum atomic E-state index is 12.9. The molecule has 0 unspecified atom stereocenters. The van der Waals surface area contributed by atoms with Gasteiger partial charge in [-0.05, 0) is 36.4 Å². The number of nitrogens with one attached hydrogen (secondary N) is 2. The molecule has 0 spiro atoms. The Bertz CT molecular complexity index is 946. The van der Waals surface area contributed by atoms with Gasteiger partial charge in [-0.1, -0.05) is 0 Å². The second kappa shape index (κ2) is 5.79. The number of allylic oxidation sites excluding steroid dienone is 1. The molecule has 3 heterocycles. The number of alkyl halides is 2. The number of aromatic amines is 1. The van der Waals surface area contributed by atoms with E-state index in [0.717, 1.165) is 22.2 Å². The number of hydrogen-bond acceptors (Lipinski definition) is 4. The van der Waals surface area contributed by atoms with E-state index in [1.165, 1.54) is 0 Å². The Morgan fingerprint density at radius 3 is 2.93 bits per heavy atom. The molecule has 27 heavy (non-hydrogen) atoms. The lowest BCUT2D eigenvalue weighted by atomic mass is 9.68. The molecule has 1 amide bonds. The summed E-state index contributed by atoms with van der Waals surface area (Å²) in [5, 5.41) is 13.8. The maximum absolute atomic E-state index is 12.9. The number of carbonyl (C=O) groups is 1. The molecule has 0 radical (unpaired) electrons. The number of H-pyrrole nitrogens is 1. The van der Waals surface area contributed by atoms with Crippen molar-refractivity contribution in [2.24, 2.45) is 11.8 Å². The largest absolute Gasteiger partial charge is 0.552 e. The summed E-state index contributed by atoms with van der Waals surface area (Å²) in [5.41, 5.74) is 2.64. The van der Waals surface area contributed by atoms with Gasteiger partial charge >= 0.3 is 7.12 Å². The quantitative estimate of drug-likeness (QED) is 0.721. The fourth-order valence-electron chi connectivity index (χ4n) is 4.27. The van der Waals surface area contributed by atoms with Crippen molar-refractivity contribution >= 4 is 29.6 Å². The first kappa shape index (κ1) is 16.7. The lowest BCUT2D eigenvalue weighted by Crippen LogP contribution is -2.51. The van der Waals surface area contributed by atoms with Crippen LogP contribution < -0.4 is 9.97 Å². The van der Waals surface area contributed by atoms with E-state index in [-0.39, 0.29) is 30.7 Å². The number of halogens is 2. The van der Waals surface area contributed by atoms with Crippen molar-refractivity contribution < 1.29 is 23.3 Å². The van der Waals surface area contributed by atoms with Crippen LogP contribution in [-0.4, -0.2) is 40.0 Å². The first-order valence-electron chi connectivity index (χ1n) is 9.11. The van der Waals surface area contributed by atoms with Crippen molar-refractivity contribution in [1.82, 2.24) is 15.3 Å². The molecule has 1 aliphatic heterocycles. The summed E-state index contributed by atoms with van der Waals surface area (Å²) in [4.78, 5) is 19.4. The van der Waals surface area contributed by atoms with Crippen LogP contribution in [-0.2, 0) is 4.79 Å². The van der Waals surface area contributed by atoms with Crippen LogP contribution in [0.3, 0.4) is 0 Å². The van der Waals surface area contributed by atoms with Crippen LogP contribution in [0.4, 0.5) is 8.78 Å². The third-order valence-corrected chi connectivity index (χ3v) is 5.80. The topological polar surface area (TPSA) is 87.2 Å². The molecule has 3 aliphatic rings. The van der Waals surface area contributed by atoms with Gasteiger partial charge < -0.3 is 20.0 Å². The molecule has 140 valence electrons.